The van der Waals surface area contributed by atoms with Crippen LogP contribution in [0.25, 0.3) is 0 Å². The molecule has 0 heterocycles. The predicted octanol–water partition coefficient (Wildman–Crippen LogP) is 4.26. The number of hydrogen-bond acceptors (Lipinski definition) is 2. The van der Waals surface area contributed by atoms with Crippen molar-refractivity contribution in [1.82, 2.24) is 0 Å². The van der Waals surface area contributed by atoms with Gasteiger partial charge in [-0.05, 0) is 38.2 Å². The van der Waals surface area contributed by atoms with Crippen molar-refractivity contribution in [3.63, 3.8) is 0 Å². The van der Waals surface area contributed by atoms with Gasteiger partial charge >= 0.3 is 0 Å². The zero-order valence-corrected chi connectivity index (χ0v) is 13.1. The molecule has 1 aromatic rings. The maximum absolute atomic E-state index is 14.3. The van der Waals surface area contributed by atoms with Crippen molar-refractivity contribution < 1.29 is 13.5 Å². The first kappa shape index (κ1) is 16.4. The van der Waals surface area contributed by atoms with E-state index in [0.717, 1.165) is 25.7 Å². The number of aryl methyl sites for hydroxylation is 1. The molecular formula is C17H25F2NO. The van der Waals surface area contributed by atoms with Crippen LogP contribution in [0, 0.1) is 24.5 Å². The van der Waals surface area contributed by atoms with Crippen molar-refractivity contribution >= 4 is 0 Å². The van der Waals surface area contributed by atoms with Crippen LogP contribution in [0.15, 0.2) is 12.1 Å². The van der Waals surface area contributed by atoms with Crippen LogP contribution in [0.5, 0.6) is 0 Å². The minimum Gasteiger partial charge on any atom is -0.373 e. The van der Waals surface area contributed by atoms with Crippen LogP contribution in [0.3, 0.4) is 0 Å². The van der Waals surface area contributed by atoms with E-state index in [4.69, 9.17) is 10.5 Å². The summed E-state index contributed by atoms with van der Waals surface area (Å²) >= 11 is 0. The molecule has 3 atom stereocenters. The maximum atomic E-state index is 14.3. The zero-order chi connectivity index (χ0) is 15.6. The molecule has 1 aromatic carbocycles. The highest BCUT2D eigenvalue weighted by molar-refractivity contribution is 5.30. The Morgan fingerprint density at radius 2 is 2.10 bits per heavy atom. The van der Waals surface area contributed by atoms with Gasteiger partial charge in [-0.2, -0.15) is 0 Å². The van der Waals surface area contributed by atoms with E-state index < -0.39 is 23.3 Å². The van der Waals surface area contributed by atoms with Gasteiger partial charge in [-0.25, -0.2) is 8.78 Å². The van der Waals surface area contributed by atoms with Crippen LogP contribution >= 0.6 is 0 Å². The van der Waals surface area contributed by atoms with Gasteiger partial charge in [0.2, 0.25) is 0 Å². The fourth-order valence-electron chi connectivity index (χ4n) is 3.52. The van der Waals surface area contributed by atoms with Crippen molar-refractivity contribution in [3.05, 3.63) is 34.9 Å². The molecule has 21 heavy (non-hydrogen) atoms. The molecule has 4 heteroatoms. The summed E-state index contributed by atoms with van der Waals surface area (Å²) in [6, 6.07) is 2.54. The fourth-order valence-corrected chi connectivity index (χ4v) is 3.52. The van der Waals surface area contributed by atoms with Crippen molar-refractivity contribution in [2.24, 2.45) is 11.7 Å². The van der Waals surface area contributed by atoms with E-state index in [9.17, 15) is 8.78 Å². The average Bonchev–Trinajstić information content (AvgIpc) is 2.45. The average molecular weight is 297 g/mol. The smallest absolute Gasteiger partial charge is 0.163 e. The molecule has 0 radical (unpaired) electrons. The van der Waals surface area contributed by atoms with Gasteiger partial charge in [0, 0.05) is 12.2 Å². The number of hydrogen-bond donors (Lipinski definition) is 1. The quantitative estimate of drug-likeness (QED) is 0.901. The summed E-state index contributed by atoms with van der Waals surface area (Å²) in [5, 5.41) is 0. The zero-order valence-electron chi connectivity index (χ0n) is 13.1. The SMILES string of the molecule is CCOC1(C(N)c2ccc(C)c(F)c2F)CCCC(C)C1. The lowest BCUT2D eigenvalue weighted by atomic mass is 9.73. The third-order valence-corrected chi connectivity index (χ3v) is 4.63. The number of rotatable bonds is 4. The first-order chi connectivity index (χ1) is 9.91. The van der Waals surface area contributed by atoms with Gasteiger partial charge in [0.05, 0.1) is 11.6 Å². The van der Waals surface area contributed by atoms with E-state index in [1.807, 2.05) is 6.92 Å². The van der Waals surface area contributed by atoms with Crippen LogP contribution in [0.2, 0.25) is 0 Å². The second-order valence-electron chi connectivity index (χ2n) is 6.28. The summed E-state index contributed by atoms with van der Waals surface area (Å²) in [5.74, 6) is -1.16. The first-order valence-electron chi connectivity index (χ1n) is 7.75. The predicted molar refractivity (Wildman–Crippen MR) is 80.0 cm³/mol. The largest absolute Gasteiger partial charge is 0.373 e. The monoisotopic (exact) mass is 297 g/mol. The van der Waals surface area contributed by atoms with E-state index in [1.165, 1.54) is 0 Å². The molecule has 0 saturated heterocycles. The summed E-state index contributed by atoms with van der Waals surface area (Å²) in [6.45, 7) is 6.15. The maximum Gasteiger partial charge on any atom is 0.163 e. The van der Waals surface area contributed by atoms with Crippen molar-refractivity contribution in [1.29, 1.82) is 0 Å². The fraction of sp³-hybridized carbons (Fsp3) is 0.647. The molecule has 1 saturated carbocycles. The molecule has 0 amide bonds. The van der Waals surface area contributed by atoms with Crippen LogP contribution in [-0.2, 0) is 4.74 Å². The molecule has 0 aliphatic heterocycles. The van der Waals surface area contributed by atoms with Gasteiger partial charge in [-0.1, -0.05) is 31.9 Å². The third kappa shape index (κ3) is 3.11. The lowest BCUT2D eigenvalue weighted by Gasteiger charge is -2.44. The van der Waals surface area contributed by atoms with E-state index in [0.29, 0.717) is 18.1 Å². The Balaban J connectivity index is 2.39. The van der Waals surface area contributed by atoms with Crippen molar-refractivity contribution in [3.8, 4) is 0 Å². The molecule has 0 bridgehead atoms. The van der Waals surface area contributed by atoms with E-state index in [1.54, 1.807) is 19.1 Å². The number of ether oxygens (including phenoxy) is 1. The molecule has 2 rings (SSSR count). The van der Waals surface area contributed by atoms with Gasteiger partial charge in [-0.15, -0.1) is 0 Å². The van der Waals surface area contributed by atoms with Crippen LogP contribution in [0.1, 0.15) is 56.7 Å². The molecule has 1 aliphatic rings. The van der Waals surface area contributed by atoms with E-state index in [2.05, 4.69) is 6.92 Å². The summed E-state index contributed by atoms with van der Waals surface area (Å²) in [5.41, 5.74) is 6.27. The minimum atomic E-state index is -0.834. The topological polar surface area (TPSA) is 35.2 Å². The summed E-state index contributed by atoms with van der Waals surface area (Å²) < 4.78 is 34.1. The van der Waals surface area contributed by atoms with Crippen molar-refractivity contribution in [2.75, 3.05) is 6.61 Å². The van der Waals surface area contributed by atoms with Gasteiger partial charge in [0.1, 0.15) is 0 Å². The summed E-state index contributed by atoms with van der Waals surface area (Å²) in [4.78, 5) is 0. The molecule has 1 fully saturated rings. The second kappa shape index (κ2) is 6.41. The first-order valence-corrected chi connectivity index (χ1v) is 7.75. The molecule has 118 valence electrons. The van der Waals surface area contributed by atoms with Gasteiger partial charge < -0.3 is 10.5 Å². The molecule has 2 N–H and O–H groups in total. The van der Waals surface area contributed by atoms with Crippen LogP contribution in [-0.4, -0.2) is 12.2 Å². The highest BCUT2D eigenvalue weighted by Crippen LogP contribution is 2.43. The Labute approximate surface area is 125 Å². The standard InChI is InChI=1S/C17H25F2NO/c1-4-21-17(9-5-6-11(2)10-17)16(20)13-8-7-12(3)14(18)15(13)19/h7-8,11,16H,4-6,9-10,20H2,1-3H3. The van der Waals surface area contributed by atoms with Crippen molar-refractivity contribution in [2.45, 2.75) is 58.1 Å². The summed E-state index contributed by atoms with van der Waals surface area (Å²) in [6.07, 6.45) is 3.72. The molecule has 2 nitrogen and oxygen atoms in total. The highest BCUT2D eigenvalue weighted by atomic mass is 19.2. The van der Waals surface area contributed by atoms with E-state index >= 15 is 0 Å². The Morgan fingerprint density at radius 3 is 2.71 bits per heavy atom. The van der Waals surface area contributed by atoms with E-state index in [-0.39, 0.29) is 5.56 Å². The molecule has 0 aromatic heterocycles. The molecular weight excluding hydrogens is 272 g/mol. The highest BCUT2D eigenvalue weighted by Gasteiger charge is 2.43. The Hall–Kier alpha value is -1.00. The summed E-state index contributed by atoms with van der Waals surface area (Å²) in [7, 11) is 0. The molecule has 0 spiro atoms. The Kier molecular flexibility index (Phi) is 4.99. The number of nitrogens with two attached hydrogens (primary N) is 1. The van der Waals surface area contributed by atoms with Gasteiger partial charge in [0.25, 0.3) is 0 Å². The Morgan fingerprint density at radius 1 is 1.38 bits per heavy atom. The van der Waals surface area contributed by atoms with Gasteiger partial charge in [-0.3, -0.25) is 0 Å². The molecule has 3 unspecified atom stereocenters. The molecule has 1 aliphatic carbocycles. The van der Waals surface area contributed by atoms with Crippen LogP contribution in [0.4, 0.5) is 8.78 Å². The number of benzene rings is 1. The van der Waals surface area contributed by atoms with Gasteiger partial charge in [0.15, 0.2) is 11.6 Å². The van der Waals surface area contributed by atoms with Crippen LogP contribution < -0.4 is 5.73 Å². The Bertz CT molecular complexity index is 502. The minimum absolute atomic E-state index is 0.223. The lowest BCUT2D eigenvalue weighted by Crippen LogP contribution is -2.47. The third-order valence-electron chi connectivity index (χ3n) is 4.63. The normalized spacial score (nSPS) is 27.6. The number of halogens is 2. The lowest BCUT2D eigenvalue weighted by molar-refractivity contribution is -0.0944. The second-order valence-corrected chi connectivity index (χ2v) is 6.28.